The lowest BCUT2D eigenvalue weighted by molar-refractivity contribution is -0.115. The molecule has 0 aromatic heterocycles. The van der Waals surface area contributed by atoms with E-state index in [4.69, 9.17) is 0 Å². The molecule has 1 heteroatoms. The second-order valence-electron chi connectivity index (χ2n) is 2.52. The molecule has 68 valence electrons. The molecule has 1 rings (SSSR count). The molecule has 0 heterocycles. The van der Waals surface area contributed by atoms with Gasteiger partial charge in [-0.3, -0.25) is 4.79 Å². The fourth-order valence-corrected chi connectivity index (χ4v) is 1.19. The molecule has 0 amide bonds. The minimum Gasteiger partial charge on any atom is -0.294 e. The normalized spacial score (nSPS) is 16.4. The maximum atomic E-state index is 11.0. The Balaban J connectivity index is 0.000000561. The van der Waals surface area contributed by atoms with Gasteiger partial charge in [-0.1, -0.05) is 33.4 Å². The van der Waals surface area contributed by atoms with Crippen LogP contribution in [0.3, 0.4) is 0 Å². The SMILES string of the molecule is C=C1C(=O)CCC=C1CC.CC. The van der Waals surface area contributed by atoms with E-state index in [9.17, 15) is 4.79 Å². The lowest BCUT2D eigenvalue weighted by atomic mass is 9.92. The van der Waals surface area contributed by atoms with Crippen LogP contribution in [0, 0.1) is 0 Å². The van der Waals surface area contributed by atoms with E-state index >= 15 is 0 Å². The third-order valence-corrected chi connectivity index (χ3v) is 1.87. The Morgan fingerprint density at radius 1 is 1.50 bits per heavy atom. The molecule has 0 aliphatic heterocycles. The van der Waals surface area contributed by atoms with Crippen molar-refractivity contribution in [1.29, 1.82) is 0 Å². The highest BCUT2D eigenvalue weighted by atomic mass is 16.1. The Labute approximate surface area is 75.2 Å². The van der Waals surface area contributed by atoms with Crippen molar-refractivity contribution >= 4 is 5.78 Å². The van der Waals surface area contributed by atoms with Gasteiger partial charge in [-0.25, -0.2) is 0 Å². The van der Waals surface area contributed by atoms with Gasteiger partial charge in [-0.15, -0.1) is 0 Å². The summed E-state index contributed by atoms with van der Waals surface area (Å²) in [5, 5.41) is 0. The van der Waals surface area contributed by atoms with Crippen molar-refractivity contribution in [2.45, 2.75) is 40.0 Å². The zero-order valence-electron chi connectivity index (χ0n) is 8.31. The van der Waals surface area contributed by atoms with Crippen LogP contribution in [-0.4, -0.2) is 5.78 Å². The van der Waals surface area contributed by atoms with E-state index in [0.717, 1.165) is 24.0 Å². The molecule has 1 aliphatic rings. The molecular formula is C11H18O. The Morgan fingerprint density at radius 2 is 2.08 bits per heavy atom. The molecule has 12 heavy (non-hydrogen) atoms. The number of hydrogen-bond donors (Lipinski definition) is 0. The van der Waals surface area contributed by atoms with Gasteiger partial charge in [0.1, 0.15) is 0 Å². The molecule has 0 bridgehead atoms. The zero-order valence-corrected chi connectivity index (χ0v) is 8.31. The number of rotatable bonds is 1. The molecule has 0 unspecified atom stereocenters. The number of carbonyl (C=O) groups is 1. The average Bonchev–Trinajstić information content (AvgIpc) is 2.13. The summed E-state index contributed by atoms with van der Waals surface area (Å²) in [4.78, 5) is 11.0. The van der Waals surface area contributed by atoms with Crippen LogP contribution in [0.25, 0.3) is 0 Å². The fourth-order valence-electron chi connectivity index (χ4n) is 1.19. The molecular weight excluding hydrogens is 148 g/mol. The molecule has 0 fully saturated rings. The van der Waals surface area contributed by atoms with Crippen LogP contribution in [0.2, 0.25) is 0 Å². The molecule has 0 saturated heterocycles. The highest BCUT2D eigenvalue weighted by Gasteiger charge is 2.13. The van der Waals surface area contributed by atoms with Gasteiger partial charge in [0, 0.05) is 12.0 Å². The molecule has 1 aliphatic carbocycles. The van der Waals surface area contributed by atoms with Crippen LogP contribution >= 0.6 is 0 Å². The second-order valence-corrected chi connectivity index (χ2v) is 2.52. The average molecular weight is 166 g/mol. The predicted octanol–water partition coefficient (Wildman–Crippen LogP) is 3.27. The van der Waals surface area contributed by atoms with Crippen molar-refractivity contribution in [3.05, 3.63) is 23.8 Å². The molecule has 0 spiro atoms. The monoisotopic (exact) mass is 166 g/mol. The summed E-state index contributed by atoms with van der Waals surface area (Å²) in [5.41, 5.74) is 1.87. The molecule has 0 aromatic carbocycles. The summed E-state index contributed by atoms with van der Waals surface area (Å²) in [6.45, 7) is 9.78. The summed E-state index contributed by atoms with van der Waals surface area (Å²) in [7, 11) is 0. The topological polar surface area (TPSA) is 17.1 Å². The number of ketones is 1. The lowest BCUT2D eigenvalue weighted by Crippen LogP contribution is -2.07. The molecule has 0 saturated carbocycles. The van der Waals surface area contributed by atoms with Gasteiger partial charge in [0.15, 0.2) is 5.78 Å². The highest BCUT2D eigenvalue weighted by molar-refractivity contribution is 5.99. The van der Waals surface area contributed by atoms with E-state index in [2.05, 4.69) is 19.6 Å². The van der Waals surface area contributed by atoms with Crippen LogP contribution in [0.15, 0.2) is 23.8 Å². The van der Waals surface area contributed by atoms with Crippen molar-refractivity contribution in [2.24, 2.45) is 0 Å². The van der Waals surface area contributed by atoms with E-state index in [1.54, 1.807) is 0 Å². The number of hydrogen-bond acceptors (Lipinski definition) is 1. The molecule has 0 radical (unpaired) electrons. The van der Waals surface area contributed by atoms with Crippen LogP contribution in [0.1, 0.15) is 40.0 Å². The Kier molecular flexibility index (Phi) is 5.35. The highest BCUT2D eigenvalue weighted by Crippen LogP contribution is 2.21. The predicted molar refractivity (Wildman–Crippen MR) is 53.1 cm³/mol. The van der Waals surface area contributed by atoms with Crippen molar-refractivity contribution in [2.75, 3.05) is 0 Å². The van der Waals surface area contributed by atoms with Gasteiger partial charge in [0.05, 0.1) is 0 Å². The van der Waals surface area contributed by atoms with Gasteiger partial charge in [-0.2, -0.15) is 0 Å². The first-order chi connectivity index (χ1) is 5.75. The molecule has 0 aromatic rings. The van der Waals surface area contributed by atoms with Crippen molar-refractivity contribution in [3.63, 3.8) is 0 Å². The van der Waals surface area contributed by atoms with E-state index < -0.39 is 0 Å². The van der Waals surface area contributed by atoms with Crippen molar-refractivity contribution in [1.82, 2.24) is 0 Å². The largest absolute Gasteiger partial charge is 0.294 e. The van der Waals surface area contributed by atoms with Gasteiger partial charge in [0.25, 0.3) is 0 Å². The quantitative estimate of drug-likeness (QED) is 0.546. The van der Waals surface area contributed by atoms with E-state index in [0.29, 0.717) is 6.42 Å². The van der Waals surface area contributed by atoms with Gasteiger partial charge in [-0.05, 0) is 18.4 Å². The summed E-state index contributed by atoms with van der Waals surface area (Å²) < 4.78 is 0. The summed E-state index contributed by atoms with van der Waals surface area (Å²) in [5.74, 6) is 0.222. The number of Topliss-reactive ketones (excluding diaryl/α,β-unsaturated/α-hetero) is 1. The summed E-state index contributed by atoms with van der Waals surface area (Å²) >= 11 is 0. The summed E-state index contributed by atoms with van der Waals surface area (Å²) in [6, 6.07) is 0. The van der Waals surface area contributed by atoms with Crippen molar-refractivity contribution in [3.8, 4) is 0 Å². The molecule has 0 N–H and O–H groups in total. The van der Waals surface area contributed by atoms with Gasteiger partial charge >= 0.3 is 0 Å². The number of allylic oxidation sites excluding steroid dienone is 3. The molecule has 0 atom stereocenters. The lowest BCUT2D eigenvalue weighted by Gasteiger charge is -2.11. The smallest absolute Gasteiger partial charge is 0.162 e. The maximum Gasteiger partial charge on any atom is 0.162 e. The summed E-state index contributed by atoms with van der Waals surface area (Å²) in [6.07, 6.45) is 4.61. The minimum atomic E-state index is 0.222. The van der Waals surface area contributed by atoms with Crippen LogP contribution in [0.4, 0.5) is 0 Å². The second kappa shape index (κ2) is 5.76. The minimum absolute atomic E-state index is 0.222. The van der Waals surface area contributed by atoms with Crippen LogP contribution < -0.4 is 0 Å². The zero-order chi connectivity index (χ0) is 9.56. The third-order valence-electron chi connectivity index (χ3n) is 1.87. The first-order valence-electron chi connectivity index (χ1n) is 4.67. The van der Waals surface area contributed by atoms with Gasteiger partial charge in [0.2, 0.25) is 0 Å². The van der Waals surface area contributed by atoms with Crippen molar-refractivity contribution < 1.29 is 4.79 Å². The fraction of sp³-hybridized carbons (Fsp3) is 0.545. The Morgan fingerprint density at radius 3 is 2.50 bits per heavy atom. The first kappa shape index (κ1) is 11.2. The third kappa shape index (κ3) is 2.65. The maximum absolute atomic E-state index is 11.0. The standard InChI is InChI=1S/C9H12O.C2H6/c1-3-8-5-4-6-9(10)7(8)2;1-2/h5H,2-4,6H2,1H3;1-2H3. The number of carbonyl (C=O) groups excluding carboxylic acids is 1. The van der Waals surface area contributed by atoms with Crippen LogP contribution in [-0.2, 0) is 4.79 Å². The van der Waals surface area contributed by atoms with Crippen LogP contribution in [0.5, 0.6) is 0 Å². The Bertz CT molecular complexity index is 199. The first-order valence-corrected chi connectivity index (χ1v) is 4.67. The van der Waals surface area contributed by atoms with E-state index in [1.165, 1.54) is 0 Å². The molecule has 1 nitrogen and oxygen atoms in total. The Hall–Kier alpha value is -0.850. The van der Waals surface area contributed by atoms with E-state index in [1.807, 2.05) is 13.8 Å². The van der Waals surface area contributed by atoms with E-state index in [-0.39, 0.29) is 5.78 Å². The van der Waals surface area contributed by atoms with Gasteiger partial charge < -0.3 is 0 Å².